The zero-order valence-corrected chi connectivity index (χ0v) is 13.5. The van der Waals surface area contributed by atoms with Gasteiger partial charge in [0.2, 0.25) is 5.91 Å². The third-order valence-electron chi connectivity index (χ3n) is 4.59. The predicted octanol–water partition coefficient (Wildman–Crippen LogP) is 2.13. The van der Waals surface area contributed by atoms with Crippen LogP contribution in [0.2, 0.25) is 0 Å². The van der Waals surface area contributed by atoms with Gasteiger partial charge in [-0.3, -0.25) is 14.6 Å². The molecule has 2 atom stereocenters. The van der Waals surface area contributed by atoms with Gasteiger partial charge in [0.05, 0.1) is 11.5 Å². The molecule has 2 N–H and O–H groups in total. The fraction of sp³-hybridized carbons (Fsp3) is 0.389. The van der Waals surface area contributed by atoms with Crippen LogP contribution in [0.4, 0.5) is 0 Å². The number of rotatable bonds is 2. The van der Waals surface area contributed by atoms with Gasteiger partial charge in [-0.2, -0.15) is 0 Å². The number of nitrogens with two attached hydrogens (primary N) is 1. The van der Waals surface area contributed by atoms with Crippen molar-refractivity contribution in [2.24, 2.45) is 17.6 Å². The summed E-state index contributed by atoms with van der Waals surface area (Å²) < 4.78 is 0. The summed E-state index contributed by atoms with van der Waals surface area (Å²) in [4.78, 5) is 30.5. The third kappa shape index (κ3) is 2.91. The Morgan fingerprint density at radius 3 is 2.78 bits per heavy atom. The van der Waals surface area contributed by atoms with Gasteiger partial charge in [0.25, 0.3) is 5.91 Å². The lowest BCUT2D eigenvalue weighted by Crippen LogP contribution is -2.47. The summed E-state index contributed by atoms with van der Waals surface area (Å²) in [5.41, 5.74) is 7.10. The molecule has 1 aromatic heterocycles. The summed E-state index contributed by atoms with van der Waals surface area (Å²) in [6.07, 6.45) is 4.21. The van der Waals surface area contributed by atoms with E-state index in [1.807, 2.05) is 25.1 Å². The molecule has 23 heavy (non-hydrogen) atoms. The molecule has 1 fully saturated rings. The molecule has 2 amide bonds. The fourth-order valence-corrected chi connectivity index (χ4v) is 3.44. The smallest absolute Gasteiger partial charge is 0.254 e. The number of nitrogens with zero attached hydrogens (tertiary/aromatic N) is 2. The van der Waals surface area contributed by atoms with Crippen molar-refractivity contribution in [2.75, 3.05) is 13.1 Å². The summed E-state index contributed by atoms with van der Waals surface area (Å²) >= 11 is 0. The molecule has 0 bridgehead atoms. The van der Waals surface area contributed by atoms with Crippen molar-refractivity contribution in [3.05, 3.63) is 41.7 Å². The fourth-order valence-electron chi connectivity index (χ4n) is 3.44. The van der Waals surface area contributed by atoms with E-state index in [9.17, 15) is 9.59 Å². The Bertz CT molecular complexity index is 772. The highest BCUT2D eigenvalue weighted by atomic mass is 16.2. The van der Waals surface area contributed by atoms with Crippen molar-refractivity contribution >= 4 is 22.6 Å². The van der Waals surface area contributed by atoms with Crippen molar-refractivity contribution in [1.29, 1.82) is 0 Å². The Labute approximate surface area is 135 Å². The van der Waals surface area contributed by atoms with E-state index >= 15 is 0 Å². The maximum absolute atomic E-state index is 13.1. The normalized spacial score (nSPS) is 21.4. The van der Waals surface area contributed by atoms with E-state index in [0.29, 0.717) is 18.7 Å². The van der Waals surface area contributed by atoms with Gasteiger partial charge in [0.15, 0.2) is 0 Å². The highest BCUT2D eigenvalue weighted by Crippen LogP contribution is 2.27. The summed E-state index contributed by atoms with van der Waals surface area (Å²) in [5, 5.41) is 1.84. The quantitative estimate of drug-likeness (QED) is 0.923. The Morgan fingerprint density at radius 1 is 1.26 bits per heavy atom. The second kappa shape index (κ2) is 5.99. The molecule has 1 aliphatic rings. The first kappa shape index (κ1) is 15.5. The van der Waals surface area contributed by atoms with Crippen LogP contribution in [0.3, 0.4) is 0 Å². The van der Waals surface area contributed by atoms with E-state index in [1.165, 1.54) is 0 Å². The first-order valence-corrected chi connectivity index (χ1v) is 7.89. The molecule has 0 saturated carbocycles. The zero-order chi connectivity index (χ0) is 16.6. The number of hydrogen-bond donors (Lipinski definition) is 1. The van der Waals surface area contributed by atoms with Crippen LogP contribution in [0, 0.1) is 18.8 Å². The van der Waals surface area contributed by atoms with Gasteiger partial charge < -0.3 is 10.6 Å². The van der Waals surface area contributed by atoms with E-state index in [2.05, 4.69) is 11.9 Å². The number of amides is 2. The Morgan fingerprint density at radius 2 is 2.04 bits per heavy atom. The summed E-state index contributed by atoms with van der Waals surface area (Å²) in [6, 6.07) is 5.78. The van der Waals surface area contributed by atoms with Crippen LogP contribution in [-0.4, -0.2) is 34.8 Å². The van der Waals surface area contributed by atoms with Gasteiger partial charge >= 0.3 is 0 Å². The molecule has 2 heterocycles. The maximum Gasteiger partial charge on any atom is 0.254 e. The number of likely N-dealkylation sites (tertiary alicyclic amines) is 1. The first-order valence-electron chi connectivity index (χ1n) is 7.89. The highest BCUT2D eigenvalue weighted by molar-refractivity contribution is 6.08. The van der Waals surface area contributed by atoms with Crippen molar-refractivity contribution in [3.8, 4) is 0 Å². The van der Waals surface area contributed by atoms with E-state index < -0.39 is 0 Å². The molecule has 0 aliphatic carbocycles. The van der Waals surface area contributed by atoms with Gasteiger partial charge in [0.1, 0.15) is 0 Å². The average Bonchev–Trinajstić information content (AvgIpc) is 2.53. The van der Waals surface area contributed by atoms with Crippen LogP contribution < -0.4 is 5.73 Å². The van der Waals surface area contributed by atoms with Gasteiger partial charge in [-0.15, -0.1) is 0 Å². The van der Waals surface area contributed by atoms with E-state index in [4.69, 9.17) is 5.73 Å². The minimum Gasteiger partial charge on any atom is -0.369 e. The van der Waals surface area contributed by atoms with Gasteiger partial charge in [0, 0.05) is 30.9 Å². The number of primary amides is 1. The minimum absolute atomic E-state index is 0.0305. The van der Waals surface area contributed by atoms with Crippen LogP contribution >= 0.6 is 0 Å². The Hall–Kier alpha value is -2.43. The van der Waals surface area contributed by atoms with E-state index in [1.54, 1.807) is 17.3 Å². The lowest BCUT2D eigenvalue weighted by Gasteiger charge is -2.35. The minimum atomic E-state index is -0.326. The number of carbonyl (C=O) groups is 2. The van der Waals surface area contributed by atoms with Gasteiger partial charge in [-0.25, -0.2) is 0 Å². The Kier molecular flexibility index (Phi) is 4.03. The second-order valence-corrected chi connectivity index (χ2v) is 6.50. The zero-order valence-electron chi connectivity index (χ0n) is 13.5. The first-order chi connectivity index (χ1) is 11.0. The van der Waals surface area contributed by atoms with Crippen molar-refractivity contribution in [2.45, 2.75) is 20.3 Å². The van der Waals surface area contributed by atoms with Crippen molar-refractivity contribution < 1.29 is 9.59 Å². The molecule has 1 aromatic carbocycles. The van der Waals surface area contributed by atoms with E-state index in [-0.39, 0.29) is 23.7 Å². The summed E-state index contributed by atoms with van der Waals surface area (Å²) in [6.45, 7) is 5.05. The average molecular weight is 311 g/mol. The molecule has 0 radical (unpaired) electrons. The molecule has 0 spiro atoms. The van der Waals surface area contributed by atoms with Crippen LogP contribution in [0.5, 0.6) is 0 Å². The molecular formula is C18H21N3O2. The standard InChI is InChI=1S/C18H21N3O2/c1-11-7-14(17(19)22)10-21(9-11)18(23)16-12(2)3-4-13-8-20-6-5-15(13)16/h3-6,8,11,14H,7,9-10H2,1-2H3,(H2,19,22). The number of aromatic nitrogens is 1. The topological polar surface area (TPSA) is 76.3 Å². The molecule has 5 nitrogen and oxygen atoms in total. The van der Waals surface area contributed by atoms with Crippen LogP contribution in [0.1, 0.15) is 29.3 Å². The number of carbonyl (C=O) groups excluding carboxylic acids is 2. The predicted molar refractivity (Wildman–Crippen MR) is 88.8 cm³/mol. The molecule has 1 aliphatic heterocycles. The maximum atomic E-state index is 13.1. The SMILES string of the molecule is Cc1ccc2cnccc2c1C(=O)N1CC(C)CC(C(N)=O)C1. The molecule has 3 rings (SSSR count). The van der Waals surface area contributed by atoms with Crippen LogP contribution in [0.25, 0.3) is 10.8 Å². The van der Waals surface area contributed by atoms with E-state index in [0.717, 1.165) is 22.8 Å². The molecule has 2 unspecified atom stereocenters. The molecule has 5 heteroatoms. The second-order valence-electron chi connectivity index (χ2n) is 6.50. The van der Waals surface area contributed by atoms with Crippen LogP contribution in [-0.2, 0) is 4.79 Å². The lowest BCUT2D eigenvalue weighted by molar-refractivity contribution is -0.123. The molecule has 120 valence electrons. The summed E-state index contributed by atoms with van der Waals surface area (Å²) in [7, 11) is 0. The number of pyridine rings is 1. The number of hydrogen-bond acceptors (Lipinski definition) is 3. The largest absolute Gasteiger partial charge is 0.369 e. The molecule has 2 aromatic rings. The number of aryl methyl sites for hydroxylation is 1. The lowest BCUT2D eigenvalue weighted by atomic mass is 9.89. The number of piperidine rings is 1. The number of benzene rings is 1. The molecule has 1 saturated heterocycles. The monoisotopic (exact) mass is 311 g/mol. The highest BCUT2D eigenvalue weighted by Gasteiger charge is 2.32. The summed E-state index contributed by atoms with van der Waals surface area (Å²) in [5.74, 6) is -0.355. The van der Waals surface area contributed by atoms with Crippen LogP contribution in [0.15, 0.2) is 30.6 Å². The molecular weight excluding hydrogens is 290 g/mol. The Balaban J connectivity index is 2.00. The van der Waals surface area contributed by atoms with Crippen molar-refractivity contribution in [3.63, 3.8) is 0 Å². The van der Waals surface area contributed by atoms with Gasteiger partial charge in [-0.1, -0.05) is 19.1 Å². The van der Waals surface area contributed by atoms with Crippen molar-refractivity contribution in [1.82, 2.24) is 9.88 Å². The number of fused-ring (bicyclic) bond motifs is 1. The van der Waals surface area contributed by atoms with Gasteiger partial charge in [-0.05, 0) is 36.3 Å². The third-order valence-corrected chi connectivity index (χ3v) is 4.59.